The minimum absolute atomic E-state index is 0.0549. The maximum atomic E-state index is 13.8. The van der Waals surface area contributed by atoms with Crippen molar-refractivity contribution < 1.29 is 8.78 Å². The van der Waals surface area contributed by atoms with Crippen LogP contribution < -0.4 is 5.32 Å². The van der Waals surface area contributed by atoms with E-state index in [1.54, 1.807) is 0 Å². The van der Waals surface area contributed by atoms with Gasteiger partial charge in [-0.05, 0) is 40.0 Å². The second-order valence-corrected chi connectivity index (χ2v) is 6.61. The van der Waals surface area contributed by atoms with Gasteiger partial charge in [0.05, 0.1) is 16.2 Å². The number of fused-ring (bicyclic) bond motifs is 1. The first-order chi connectivity index (χ1) is 9.65. The minimum atomic E-state index is -0.590. The highest BCUT2D eigenvalue weighted by atomic mass is 79.9. The molecule has 1 heterocycles. The summed E-state index contributed by atoms with van der Waals surface area (Å²) in [4.78, 5) is 1.22. The van der Waals surface area contributed by atoms with E-state index in [0.29, 0.717) is 5.69 Å². The molecule has 2 aromatic carbocycles. The fourth-order valence-electron chi connectivity index (χ4n) is 2.31. The molecule has 0 fully saturated rings. The Labute approximate surface area is 128 Å². The molecule has 1 aliphatic rings. The first-order valence-electron chi connectivity index (χ1n) is 6.28. The van der Waals surface area contributed by atoms with Crippen molar-refractivity contribution in [2.75, 3.05) is 11.1 Å². The Hall–Kier alpha value is -1.07. The van der Waals surface area contributed by atoms with E-state index in [0.717, 1.165) is 18.2 Å². The third kappa shape index (κ3) is 2.69. The van der Waals surface area contributed by atoms with E-state index in [2.05, 4.69) is 33.4 Å². The Morgan fingerprint density at radius 2 is 1.95 bits per heavy atom. The Morgan fingerprint density at radius 3 is 2.80 bits per heavy atom. The zero-order valence-corrected chi connectivity index (χ0v) is 12.9. The number of hydrogen-bond donors (Lipinski definition) is 1. The normalized spacial score (nSPS) is 17.6. The van der Waals surface area contributed by atoms with E-state index in [1.165, 1.54) is 16.5 Å². The highest BCUT2D eigenvalue weighted by Gasteiger charge is 2.21. The molecule has 0 spiro atoms. The van der Waals surface area contributed by atoms with Crippen LogP contribution in [0.15, 0.2) is 45.8 Å². The second kappa shape index (κ2) is 5.74. The highest BCUT2D eigenvalue weighted by Crippen LogP contribution is 2.38. The van der Waals surface area contributed by atoms with Crippen LogP contribution in [-0.4, -0.2) is 5.75 Å². The molecule has 20 heavy (non-hydrogen) atoms. The van der Waals surface area contributed by atoms with E-state index in [-0.39, 0.29) is 10.5 Å². The Morgan fingerprint density at radius 1 is 1.15 bits per heavy atom. The number of benzene rings is 2. The van der Waals surface area contributed by atoms with Gasteiger partial charge in [0, 0.05) is 16.7 Å². The minimum Gasteiger partial charge on any atom is -0.376 e. The molecule has 0 bridgehead atoms. The molecule has 2 aromatic rings. The first-order valence-corrected chi connectivity index (χ1v) is 8.06. The third-order valence-corrected chi connectivity index (χ3v) is 5.03. The predicted octanol–water partition coefficient (Wildman–Crippen LogP) is 5.38. The Kier molecular flexibility index (Phi) is 3.98. The number of halogens is 3. The maximum Gasteiger partial charge on any atom is 0.149 e. The van der Waals surface area contributed by atoms with Crippen molar-refractivity contribution in [2.45, 2.75) is 17.4 Å². The molecule has 1 N–H and O–H groups in total. The quantitative estimate of drug-likeness (QED) is 0.726. The Bertz CT molecular complexity index is 648. The average Bonchev–Trinajstić information content (AvgIpc) is 2.45. The molecule has 0 aliphatic carbocycles. The van der Waals surface area contributed by atoms with Crippen LogP contribution >= 0.6 is 27.7 Å². The molecule has 0 saturated heterocycles. The molecule has 0 aromatic heterocycles. The highest BCUT2D eigenvalue weighted by molar-refractivity contribution is 9.10. The molecule has 1 aliphatic heterocycles. The predicted molar refractivity (Wildman–Crippen MR) is 82.2 cm³/mol. The third-order valence-electron chi connectivity index (χ3n) is 3.30. The van der Waals surface area contributed by atoms with Crippen LogP contribution in [-0.2, 0) is 0 Å². The molecule has 0 saturated carbocycles. The van der Waals surface area contributed by atoms with Crippen LogP contribution in [0.5, 0.6) is 0 Å². The smallest absolute Gasteiger partial charge is 0.149 e. The summed E-state index contributed by atoms with van der Waals surface area (Å²) in [7, 11) is 0. The van der Waals surface area contributed by atoms with Crippen molar-refractivity contribution >= 4 is 33.4 Å². The molecule has 1 nitrogen and oxygen atoms in total. The molecule has 1 atom stereocenters. The lowest BCUT2D eigenvalue weighted by molar-refractivity contribution is 0.578. The molecule has 1 unspecified atom stereocenters. The van der Waals surface area contributed by atoms with E-state index >= 15 is 0 Å². The summed E-state index contributed by atoms with van der Waals surface area (Å²) in [6.45, 7) is 0. The van der Waals surface area contributed by atoms with Crippen molar-refractivity contribution in [3.05, 3.63) is 58.1 Å². The van der Waals surface area contributed by atoms with E-state index in [4.69, 9.17) is 0 Å². The van der Waals surface area contributed by atoms with Crippen LogP contribution in [0, 0.1) is 11.6 Å². The van der Waals surface area contributed by atoms with Gasteiger partial charge in [-0.25, -0.2) is 8.78 Å². The summed E-state index contributed by atoms with van der Waals surface area (Å²) in [5, 5.41) is 3.19. The van der Waals surface area contributed by atoms with Crippen LogP contribution in [0.25, 0.3) is 0 Å². The second-order valence-electron chi connectivity index (χ2n) is 4.62. The molecule has 104 valence electrons. The monoisotopic (exact) mass is 355 g/mol. The number of anilines is 1. The number of nitrogens with one attached hydrogen (secondary N) is 1. The SMILES string of the molecule is Fc1cc(F)c(NC2CCSc3ccccc32)cc1Br. The molecular formula is C15H12BrF2NS. The maximum absolute atomic E-state index is 13.8. The lowest BCUT2D eigenvalue weighted by atomic mass is 10.0. The lowest BCUT2D eigenvalue weighted by Crippen LogP contribution is -2.16. The topological polar surface area (TPSA) is 12.0 Å². The van der Waals surface area contributed by atoms with Gasteiger partial charge < -0.3 is 5.32 Å². The number of hydrogen-bond acceptors (Lipinski definition) is 2. The van der Waals surface area contributed by atoms with Crippen LogP contribution in [0.2, 0.25) is 0 Å². The number of rotatable bonds is 2. The molecular weight excluding hydrogens is 344 g/mol. The Balaban J connectivity index is 1.91. The molecule has 5 heteroatoms. The van der Waals surface area contributed by atoms with Gasteiger partial charge >= 0.3 is 0 Å². The van der Waals surface area contributed by atoms with Gasteiger partial charge in [0.15, 0.2) is 0 Å². The lowest BCUT2D eigenvalue weighted by Gasteiger charge is -2.27. The van der Waals surface area contributed by atoms with Gasteiger partial charge in [0.25, 0.3) is 0 Å². The molecule has 0 radical (unpaired) electrons. The molecule has 3 rings (SSSR count). The first kappa shape index (κ1) is 13.9. The fraction of sp³-hybridized carbons (Fsp3) is 0.200. The zero-order valence-electron chi connectivity index (χ0n) is 10.5. The average molecular weight is 356 g/mol. The van der Waals surface area contributed by atoms with Gasteiger partial charge in [0.2, 0.25) is 0 Å². The van der Waals surface area contributed by atoms with Gasteiger partial charge in [-0.3, -0.25) is 0 Å². The summed E-state index contributed by atoms with van der Waals surface area (Å²) in [6.07, 6.45) is 0.913. The number of thioether (sulfide) groups is 1. The summed E-state index contributed by atoms with van der Waals surface area (Å²) < 4.78 is 27.4. The standard InChI is InChI=1S/C15H12BrF2NS/c16-10-7-14(12(18)8-11(10)17)19-13-5-6-20-15-4-2-1-3-9(13)15/h1-4,7-8,13,19H,5-6H2. The summed E-state index contributed by atoms with van der Waals surface area (Å²) in [5.41, 5.74) is 1.49. The summed E-state index contributed by atoms with van der Waals surface area (Å²) >= 11 is 4.90. The van der Waals surface area contributed by atoms with Gasteiger partial charge in [0.1, 0.15) is 11.6 Å². The van der Waals surface area contributed by atoms with E-state index in [9.17, 15) is 8.78 Å². The van der Waals surface area contributed by atoms with Crippen LogP contribution in [0.4, 0.5) is 14.5 Å². The van der Waals surface area contributed by atoms with Crippen molar-refractivity contribution in [3.8, 4) is 0 Å². The molecule has 0 amide bonds. The van der Waals surface area contributed by atoms with Crippen molar-refractivity contribution in [1.82, 2.24) is 0 Å². The van der Waals surface area contributed by atoms with Gasteiger partial charge in [-0.1, -0.05) is 18.2 Å². The van der Waals surface area contributed by atoms with E-state index < -0.39 is 11.6 Å². The van der Waals surface area contributed by atoms with Crippen molar-refractivity contribution in [2.24, 2.45) is 0 Å². The summed E-state index contributed by atoms with van der Waals surface area (Å²) in [6, 6.07) is 10.5. The largest absolute Gasteiger partial charge is 0.376 e. The van der Waals surface area contributed by atoms with Crippen molar-refractivity contribution in [1.29, 1.82) is 0 Å². The fourth-order valence-corrected chi connectivity index (χ4v) is 3.78. The van der Waals surface area contributed by atoms with Gasteiger partial charge in [-0.15, -0.1) is 11.8 Å². The van der Waals surface area contributed by atoms with Crippen LogP contribution in [0.3, 0.4) is 0 Å². The van der Waals surface area contributed by atoms with Crippen LogP contribution in [0.1, 0.15) is 18.0 Å². The zero-order chi connectivity index (χ0) is 14.1. The van der Waals surface area contributed by atoms with E-state index in [1.807, 2.05) is 23.9 Å². The van der Waals surface area contributed by atoms with Gasteiger partial charge in [-0.2, -0.15) is 0 Å². The summed E-state index contributed by atoms with van der Waals surface area (Å²) in [5.74, 6) is -0.173. The van der Waals surface area contributed by atoms with Crippen molar-refractivity contribution in [3.63, 3.8) is 0 Å².